The largest absolute Gasteiger partial charge is 0.497 e. The lowest BCUT2D eigenvalue weighted by Gasteiger charge is -2.19. The van der Waals surface area contributed by atoms with Crippen LogP contribution in [0.25, 0.3) is 0 Å². The van der Waals surface area contributed by atoms with E-state index < -0.39 is 0 Å². The van der Waals surface area contributed by atoms with E-state index in [1.807, 2.05) is 78.6 Å². The van der Waals surface area contributed by atoms with E-state index in [-0.39, 0.29) is 18.4 Å². The summed E-state index contributed by atoms with van der Waals surface area (Å²) in [5, 5.41) is 5.83. The number of nitrogens with one attached hydrogen (secondary N) is 1. The summed E-state index contributed by atoms with van der Waals surface area (Å²) in [6.07, 6.45) is 3.76. The molecule has 7 nitrogen and oxygen atoms in total. The molecule has 2 aromatic heterocycles. The van der Waals surface area contributed by atoms with Gasteiger partial charge in [0.05, 0.1) is 19.2 Å². The molecule has 0 spiro atoms. The van der Waals surface area contributed by atoms with E-state index in [9.17, 15) is 4.79 Å². The Morgan fingerprint density at radius 1 is 1.12 bits per heavy atom. The van der Waals surface area contributed by atoms with E-state index in [4.69, 9.17) is 9.47 Å². The van der Waals surface area contributed by atoms with Gasteiger partial charge in [-0.3, -0.25) is 4.79 Å². The minimum atomic E-state index is -0.383. The summed E-state index contributed by atoms with van der Waals surface area (Å²) in [5.74, 6) is 2.17. The molecule has 1 N–H and O–H groups in total. The summed E-state index contributed by atoms with van der Waals surface area (Å²) in [6.45, 7) is 2.41. The Morgan fingerprint density at radius 2 is 1.85 bits per heavy atom. The van der Waals surface area contributed by atoms with Crippen molar-refractivity contribution >= 4 is 17.2 Å². The van der Waals surface area contributed by atoms with Crippen molar-refractivity contribution in [2.24, 2.45) is 7.05 Å². The number of ether oxygens (including phenoxy) is 2. The summed E-state index contributed by atoms with van der Waals surface area (Å²) < 4.78 is 12.9. The minimum Gasteiger partial charge on any atom is -0.497 e. The number of imidazole rings is 1. The Balaban J connectivity index is 1.41. The van der Waals surface area contributed by atoms with Crippen LogP contribution >= 0.6 is 11.3 Å². The maximum atomic E-state index is 12.9. The van der Waals surface area contributed by atoms with Crippen molar-refractivity contribution in [3.63, 3.8) is 0 Å². The second-order valence-corrected chi connectivity index (χ2v) is 8.62. The van der Waals surface area contributed by atoms with Gasteiger partial charge in [0.25, 0.3) is 0 Å². The average Bonchev–Trinajstić information content (AvgIpc) is 3.46. The third-order valence-corrected chi connectivity index (χ3v) is 6.07. The van der Waals surface area contributed by atoms with Crippen molar-refractivity contribution in [2.45, 2.75) is 26.0 Å². The van der Waals surface area contributed by atoms with Gasteiger partial charge in [-0.1, -0.05) is 29.8 Å². The number of thiazole rings is 1. The molecule has 0 unspecified atom stereocenters. The molecule has 4 rings (SSSR count). The minimum absolute atomic E-state index is 0.130. The quantitative estimate of drug-likeness (QED) is 0.403. The second kappa shape index (κ2) is 10.3. The molecule has 0 aliphatic carbocycles. The number of carbonyl (C=O) groups excluding carboxylic acids is 1. The third kappa shape index (κ3) is 5.78. The number of nitrogens with zero attached hydrogens (tertiary/aromatic N) is 3. The number of methoxy groups -OCH3 is 1. The Kier molecular flexibility index (Phi) is 7.04. The van der Waals surface area contributed by atoms with Crippen molar-refractivity contribution in [1.29, 1.82) is 0 Å². The Morgan fingerprint density at radius 3 is 2.52 bits per heavy atom. The molecule has 0 fully saturated rings. The number of rotatable bonds is 9. The molecule has 0 radical (unpaired) electrons. The fourth-order valence-corrected chi connectivity index (χ4v) is 4.11. The highest BCUT2D eigenvalue weighted by Gasteiger charge is 2.21. The topological polar surface area (TPSA) is 78.3 Å². The van der Waals surface area contributed by atoms with Gasteiger partial charge in [0.1, 0.15) is 35.0 Å². The van der Waals surface area contributed by atoms with Crippen LogP contribution in [0.5, 0.6) is 11.5 Å². The summed E-state index contributed by atoms with van der Waals surface area (Å²) in [7, 11) is 3.53. The van der Waals surface area contributed by atoms with E-state index in [1.165, 1.54) is 16.9 Å². The van der Waals surface area contributed by atoms with Gasteiger partial charge in [0.2, 0.25) is 5.91 Å². The highest BCUT2D eigenvalue weighted by molar-refractivity contribution is 7.09. The molecular formula is C25H26N4O3S. The van der Waals surface area contributed by atoms with Crippen molar-refractivity contribution in [1.82, 2.24) is 19.9 Å². The number of hydrogen-bond donors (Lipinski definition) is 1. The third-order valence-electron chi connectivity index (χ3n) is 5.20. The molecule has 1 amide bonds. The van der Waals surface area contributed by atoms with Crippen molar-refractivity contribution < 1.29 is 14.3 Å². The number of benzene rings is 2. The molecule has 0 saturated carbocycles. The van der Waals surface area contributed by atoms with Crippen LogP contribution in [0.1, 0.15) is 33.7 Å². The standard InChI is InChI=1S/C25H26N4O3S/c1-17-4-8-21(9-5-17)32-15-23-27-19(16-33-23)14-22(30)28-24(25-26-12-13-29(25)2)18-6-10-20(31-3)11-7-18/h4-13,16,24H,14-15H2,1-3H3,(H,28,30)/t24-/m1/s1. The van der Waals surface area contributed by atoms with E-state index in [1.54, 1.807) is 13.3 Å². The van der Waals surface area contributed by atoms with Gasteiger partial charge in [-0.05, 0) is 36.8 Å². The van der Waals surface area contributed by atoms with Gasteiger partial charge >= 0.3 is 0 Å². The molecule has 0 aliphatic rings. The van der Waals surface area contributed by atoms with Crippen LogP contribution in [0.15, 0.2) is 66.3 Å². The molecule has 0 bridgehead atoms. The fourth-order valence-electron chi connectivity index (χ4n) is 3.40. The molecule has 0 saturated heterocycles. The maximum Gasteiger partial charge on any atom is 0.226 e. The first-order chi connectivity index (χ1) is 16.0. The highest BCUT2D eigenvalue weighted by atomic mass is 32.1. The van der Waals surface area contributed by atoms with Gasteiger partial charge in [-0.2, -0.15) is 0 Å². The first kappa shape index (κ1) is 22.5. The molecule has 170 valence electrons. The van der Waals surface area contributed by atoms with Crippen molar-refractivity contribution in [3.8, 4) is 11.5 Å². The smallest absolute Gasteiger partial charge is 0.226 e. The van der Waals surface area contributed by atoms with Gasteiger partial charge in [-0.25, -0.2) is 9.97 Å². The molecule has 8 heteroatoms. The zero-order valence-corrected chi connectivity index (χ0v) is 19.6. The molecule has 2 heterocycles. The highest BCUT2D eigenvalue weighted by Crippen LogP contribution is 2.23. The van der Waals surface area contributed by atoms with Crippen LogP contribution in [0.2, 0.25) is 0 Å². The Labute approximate surface area is 197 Å². The average molecular weight is 463 g/mol. The van der Waals surface area contributed by atoms with Gasteiger partial charge < -0.3 is 19.4 Å². The van der Waals surface area contributed by atoms with Crippen LogP contribution in [0.3, 0.4) is 0 Å². The molecular weight excluding hydrogens is 436 g/mol. The van der Waals surface area contributed by atoms with Crippen molar-refractivity contribution in [2.75, 3.05) is 7.11 Å². The van der Waals surface area contributed by atoms with Crippen LogP contribution in [-0.4, -0.2) is 27.6 Å². The number of hydrogen-bond acceptors (Lipinski definition) is 6. The zero-order valence-electron chi connectivity index (χ0n) is 18.8. The normalized spacial score (nSPS) is 11.7. The van der Waals surface area contributed by atoms with Gasteiger partial charge in [-0.15, -0.1) is 11.3 Å². The molecule has 33 heavy (non-hydrogen) atoms. The zero-order chi connectivity index (χ0) is 23.2. The number of aryl methyl sites for hydroxylation is 2. The molecule has 2 aromatic carbocycles. The second-order valence-electron chi connectivity index (χ2n) is 7.68. The molecule has 1 atom stereocenters. The maximum absolute atomic E-state index is 12.9. The summed E-state index contributed by atoms with van der Waals surface area (Å²) in [6, 6.07) is 15.1. The van der Waals surface area contributed by atoms with Gasteiger partial charge in [0.15, 0.2) is 0 Å². The Bertz CT molecular complexity index is 1200. The predicted molar refractivity (Wildman–Crippen MR) is 128 cm³/mol. The molecule has 0 aliphatic heterocycles. The molecule has 4 aromatic rings. The fraction of sp³-hybridized carbons (Fsp3) is 0.240. The number of carbonyl (C=O) groups is 1. The van der Waals surface area contributed by atoms with Crippen LogP contribution in [0.4, 0.5) is 0 Å². The van der Waals surface area contributed by atoms with Crippen LogP contribution in [-0.2, 0) is 24.9 Å². The van der Waals surface area contributed by atoms with E-state index in [0.29, 0.717) is 12.3 Å². The lowest BCUT2D eigenvalue weighted by Crippen LogP contribution is -2.32. The number of aromatic nitrogens is 3. The Hall–Kier alpha value is -3.65. The lowest BCUT2D eigenvalue weighted by molar-refractivity contribution is -0.121. The van der Waals surface area contributed by atoms with Crippen LogP contribution in [0, 0.1) is 6.92 Å². The summed E-state index contributed by atoms with van der Waals surface area (Å²) >= 11 is 1.49. The first-order valence-corrected chi connectivity index (χ1v) is 11.4. The lowest BCUT2D eigenvalue weighted by atomic mass is 10.1. The summed E-state index contributed by atoms with van der Waals surface area (Å²) in [4.78, 5) is 21.9. The number of amides is 1. The monoisotopic (exact) mass is 462 g/mol. The van der Waals surface area contributed by atoms with Crippen molar-refractivity contribution in [3.05, 3.63) is 94.0 Å². The van der Waals surface area contributed by atoms with Gasteiger partial charge in [0, 0.05) is 24.8 Å². The first-order valence-electron chi connectivity index (χ1n) is 10.5. The van der Waals surface area contributed by atoms with E-state index >= 15 is 0 Å². The summed E-state index contributed by atoms with van der Waals surface area (Å²) in [5.41, 5.74) is 2.82. The van der Waals surface area contributed by atoms with E-state index in [0.717, 1.165) is 27.9 Å². The SMILES string of the molecule is COc1ccc([C@@H](NC(=O)Cc2csc(COc3ccc(C)cc3)n2)c2nccn2C)cc1. The van der Waals surface area contributed by atoms with E-state index in [2.05, 4.69) is 15.3 Å². The predicted octanol–water partition coefficient (Wildman–Crippen LogP) is 4.22. The van der Waals surface area contributed by atoms with Crippen LogP contribution < -0.4 is 14.8 Å².